The minimum absolute atomic E-state index is 1.02. The van der Waals surface area contributed by atoms with Crippen molar-refractivity contribution in [3.05, 3.63) is 32.7 Å². The van der Waals surface area contributed by atoms with Gasteiger partial charge in [0.1, 0.15) is 0 Å². The van der Waals surface area contributed by atoms with Crippen LogP contribution < -0.4 is 0 Å². The summed E-state index contributed by atoms with van der Waals surface area (Å²) in [5, 5.41) is 0. The van der Waals surface area contributed by atoms with Crippen LogP contribution in [0.2, 0.25) is 0 Å². The van der Waals surface area contributed by atoms with Gasteiger partial charge in [0.2, 0.25) is 0 Å². The predicted octanol–water partition coefficient (Wildman–Crippen LogP) is 4.05. The highest BCUT2D eigenvalue weighted by atomic mass is 79.9. The van der Waals surface area contributed by atoms with E-state index in [9.17, 15) is 0 Å². The maximum atomic E-state index is 3.50. The van der Waals surface area contributed by atoms with E-state index in [1.165, 1.54) is 5.56 Å². The maximum Gasteiger partial charge on any atom is 0.0234 e. The van der Waals surface area contributed by atoms with Crippen molar-refractivity contribution in [3.8, 4) is 0 Å². The van der Waals surface area contributed by atoms with E-state index in [1.807, 2.05) is 0 Å². The van der Waals surface area contributed by atoms with E-state index < -0.39 is 0 Å². The van der Waals surface area contributed by atoms with Gasteiger partial charge >= 0.3 is 0 Å². The Kier molecular flexibility index (Phi) is 5.13. The summed E-state index contributed by atoms with van der Waals surface area (Å²) in [6.45, 7) is 7.60. The van der Waals surface area contributed by atoms with Crippen LogP contribution in [0.25, 0.3) is 0 Å². The summed E-state index contributed by atoms with van der Waals surface area (Å²) >= 11 is 7.00. The lowest BCUT2D eigenvalue weighted by Gasteiger charge is -2.18. The molecule has 14 heavy (non-hydrogen) atoms. The fraction of sp³-hybridized carbons (Fsp3) is 0.455. The van der Waals surface area contributed by atoms with Crippen LogP contribution in [-0.2, 0) is 6.54 Å². The van der Waals surface area contributed by atoms with Gasteiger partial charge in [-0.05, 0) is 36.9 Å². The van der Waals surface area contributed by atoms with Crippen LogP contribution in [0.5, 0.6) is 0 Å². The minimum atomic E-state index is 1.02. The molecule has 0 heterocycles. The number of hydrogen-bond donors (Lipinski definition) is 0. The Balaban J connectivity index is 2.75. The summed E-state index contributed by atoms with van der Waals surface area (Å²) in [5.74, 6) is 0. The van der Waals surface area contributed by atoms with E-state index >= 15 is 0 Å². The van der Waals surface area contributed by atoms with Gasteiger partial charge in [0, 0.05) is 15.5 Å². The lowest BCUT2D eigenvalue weighted by molar-refractivity contribution is 0.296. The Hall–Kier alpha value is 0.140. The van der Waals surface area contributed by atoms with Crippen LogP contribution in [-0.4, -0.2) is 18.0 Å². The van der Waals surface area contributed by atoms with Crippen LogP contribution in [0.4, 0.5) is 0 Å². The zero-order valence-electron chi connectivity index (χ0n) is 8.56. The molecule has 0 saturated carbocycles. The molecule has 0 bridgehead atoms. The SMILES string of the molecule is CCN(CC)Cc1cc(Br)cc(Br)c1. The molecule has 0 N–H and O–H groups in total. The zero-order valence-corrected chi connectivity index (χ0v) is 11.7. The second-order valence-corrected chi connectivity index (χ2v) is 5.07. The second-order valence-electron chi connectivity index (χ2n) is 3.24. The average Bonchev–Trinajstić information content (AvgIpc) is 2.12. The third-order valence-electron chi connectivity index (χ3n) is 2.22. The Morgan fingerprint density at radius 3 is 1.93 bits per heavy atom. The van der Waals surface area contributed by atoms with Gasteiger partial charge in [0.05, 0.1) is 0 Å². The first-order valence-electron chi connectivity index (χ1n) is 4.83. The number of halogens is 2. The standard InChI is InChI=1S/C11H15Br2N/c1-3-14(4-2)8-9-5-10(12)7-11(13)6-9/h5-7H,3-4,8H2,1-2H3. The molecule has 0 aromatic heterocycles. The van der Waals surface area contributed by atoms with E-state index in [0.717, 1.165) is 28.6 Å². The van der Waals surface area contributed by atoms with Crippen LogP contribution in [0.1, 0.15) is 19.4 Å². The smallest absolute Gasteiger partial charge is 0.0234 e. The Labute approximate surface area is 103 Å². The molecule has 1 aromatic rings. The normalized spacial score (nSPS) is 10.9. The highest BCUT2D eigenvalue weighted by Crippen LogP contribution is 2.20. The third kappa shape index (κ3) is 3.71. The number of hydrogen-bond acceptors (Lipinski definition) is 1. The first kappa shape index (κ1) is 12.2. The molecule has 0 atom stereocenters. The van der Waals surface area contributed by atoms with E-state index in [2.05, 4.69) is 68.8 Å². The molecule has 0 saturated heterocycles. The van der Waals surface area contributed by atoms with E-state index in [0.29, 0.717) is 0 Å². The molecule has 1 aromatic carbocycles. The molecule has 0 aliphatic carbocycles. The Morgan fingerprint density at radius 1 is 1.00 bits per heavy atom. The van der Waals surface area contributed by atoms with Crippen LogP contribution >= 0.6 is 31.9 Å². The summed E-state index contributed by atoms with van der Waals surface area (Å²) in [5.41, 5.74) is 1.34. The monoisotopic (exact) mass is 319 g/mol. The third-order valence-corrected chi connectivity index (χ3v) is 3.14. The lowest BCUT2D eigenvalue weighted by atomic mass is 10.2. The van der Waals surface area contributed by atoms with Gasteiger partial charge in [-0.3, -0.25) is 4.90 Å². The van der Waals surface area contributed by atoms with E-state index in [4.69, 9.17) is 0 Å². The lowest BCUT2D eigenvalue weighted by Crippen LogP contribution is -2.22. The average molecular weight is 321 g/mol. The van der Waals surface area contributed by atoms with Crippen LogP contribution in [0.3, 0.4) is 0 Å². The van der Waals surface area contributed by atoms with Crippen molar-refractivity contribution in [2.45, 2.75) is 20.4 Å². The largest absolute Gasteiger partial charge is 0.300 e. The first-order chi connectivity index (χ1) is 6.65. The van der Waals surface area contributed by atoms with Gasteiger partial charge < -0.3 is 0 Å². The van der Waals surface area contributed by atoms with E-state index in [-0.39, 0.29) is 0 Å². The van der Waals surface area contributed by atoms with Crippen molar-refractivity contribution in [2.75, 3.05) is 13.1 Å². The fourth-order valence-corrected chi connectivity index (χ4v) is 2.80. The molecule has 0 amide bonds. The van der Waals surface area contributed by atoms with Gasteiger partial charge in [0.15, 0.2) is 0 Å². The van der Waals surface area contributed by atoms with Crippen molar-refractivity contribution in [2.24, 2.45) is 0 Å². The molecule has 3 heteroatoms. The molecule has 0 unspecified atom stereocenters. The quantitative estimate of drug-likeness (QED) is 0.809. The molecule has 0 fully saturated rings. The Morgan fingerprint density at radius 2 is 1.50 bits per heavy atom. The highest BCUT2D eigenvalue weighted by molar-refractivity contribution is 9.11. The molecule has 0 spiro atoms. The summed E-state index contributed by atoms with van der Waals surface area (Å²) < 4.78 is 2.27. The number of nitrogens with zero attached hydrogens (tertiary/aromatic N) is 1. The number of rotatable bonds is 4. The zero-order chi connectivity index (χ0) is 10.6. The van der Waals surface area contributed by atoms with Crippen molar-refractivity contribution >= 4 is 31.9 Å². The van der Waals surface area contributed by atoms with Crippen LogP contribution in [0.15, 0.2) is 27.1 Å². The van der Waals surface area contributed by atoms with Gasteiger partial charge in [-0.25, -0.2) is 0 Å². The van der Waals surface area contributed by atoms with Gasteiger partial charge in [-0.1, -0.05) is 45.7 Å². The molecule has 0 aliphatic heterocycles. The molecule has 0 aliphatic rings. The highest BCUT2D eigenvalue weighted by Gasteiger charge is 2.02. The summed E-state index contributed by atoms with van der Waals surface area (Å²) in [7, 11) is 0. The van der Waals surface area contributed by atoms with Crippen molar-refractivity contribution in [3.63, 3.8) is 0 Å². The van der Waals surface area contributed by atoms with Gasteiger partial charge in [-0.15, -0.1) is 0 Å². The first-order valence-corrected chi connectivity index (χ1v) is 6.41. The fourth-order valence-electron chi connectivity index (χ4n) is 1.41. The van der Waals surface area contributed by atoms with Crippen LogP contribution in [0, 0.1) is 0 Å². The molecule has 1 nitrogen and oxygen atoms in total. The second kappa shape index (κ2) is 5.89. The molecule has 78 valence electrons. The van der Waals surface area contributed by atoms with Crippen molar-refractivity contribution in [1.82, 2.24) is 4.90 Å². The van der Waals surface area contributed by atoms with Crippen molar-refractivity contribution < 1.29 is 0 Å². The van der Waals surface area contributed by atoms with E-state index in [1.54, 1.807) is 0 Å². The summed E-state index contributed by atoms with van der Waals surface area (Å²) in [4.78, 5) is 2.40. The molecule has 1 rings (SSSR count). The summed E-state index contributed by atoms with van der Waals surface area (Å²) in [6.07, 6.45) is 0. The topological polar surface area (TPSA) is 3.24 Å². The predicted molar refractivity (Wildman–Crippen MR) is 68.5 cm³/mol. The van der Waals surface area contributed by atoms with Gasteiger partial charge in [-0.2, -0.15) is 0 Å². The minimum Gasteiger partial charge on any atom is -0.300 e. The number of benzene rings is 1. The molecular formula is C11H15Br2N. The molecular weight excluding hydrogens is 306 g/mol. The Bertz CT molecular complexity index is 275. The molecule has 0 radical (unpaired) electrons. The van der Waals surface area contributed by atoms with Crippen molar-refractivity contribution in [1.29, 1.82) is 0 Å². The maximum absolute atomic E-state index is 3.50. The van der Waals surface area contributed by atoms with Gasteiger partial charge in [0.25, 0.3) is 0 Å². The summed E-state index contributed by atoms with van der Waals surface area (Å²) in [6, 6.07) is 6.40.